The number of primary amides is 1. The lowest BCUT2D eigenvalue weighted by molar-refractivity contribution is -0.117. The fraction of sp³-hybridized carbons (Fsp3) is 0.400. The molecule has 0 fully saturated rings. The quantitative estimate of drug-likeness (QED) is 0.585. The summed E-state index contributed by atoms with van der Waals surface area (Å²) in [4.78, 5) is 24.4. The lowest BCUT2D eigenvalue weighted by Gasteiger charge is -2.02. The van der Waals surface area contributed by atoms with Crippen LogP contribution in [0.5, 0.6) is 0 Å². The maximum Gasteiger partial charge on any atom is 0.307 e. The SMILES string of the molecule is NC(=O)C[C@H]1SC(=O)N=C1N. The van der Waals surface area contributed by atoms with Gasteiger partial charge < -0.3 is 11.5 Å². The van der Waals surface area contributed by atoms with Gasteiger partial charge in [0.15, 0.2) is 0 Å². The van der Waals surface area contributed by atoms with Crippen LogP contribution in [-0.4, -0.2) is 22.2 Å². The van der Waals surface area contributed by atoms with Crippen molar-refractivity contribution in [2.24, 2.45) is 16.5 Å². The molecular weight excluding hydrogens is 166 g/mol. The molecule has 0 saturated carbocycles. The smallest absolute Gasteiger partial charge is 0.307 e. The maximum atomic E-state index is 10.6. The third-order valence-electron chi connectivity index (χ3n) is 1.18. The molecule has 1 aliphatic rings. The van der Waals surface area contributed by atoms with Gasteiger partial charge in [-0.3, -0.25) is 9.59 Å². The van der Waals surface area contributed by atoms with E-state index in [1.807, 2.05) is 0 Å². The van der Waals surface area contributed by atoms with Crippen molar-refractivity contribution in [2.45, 2.75) is 11.7 Å². The minimum Gasteiger partial charge on any atom is -0.386 e. The van der Waals surface area contributed by atoms with Gasteiger partial charge in [-0.15, -0.1) is 0 Å². The van der Waals surface area contributed by atoms with Crippen LogP contribution in [0, 0.1) is 0 Å². The molecule has 60 valence electrons. The molecule has 2 amide bonds. The van der Waals surface area contributed by atoms with Crippen molar-refractivity contribution in [3.63, 3.8) is 0 Å². The standard InChI is InChI=1S/C5H7N3O2S/c6-3(9)1-2-4(7)8-5(10)11-2/h2H,1H2,(H2,6,9)(H2,7,8,10)/t2-/m1/s1. The van der Waals surface area contributed by atoms with Gasteiger partial charge in [0.2, 0.25) is 5.91 Å². The van der Waals surface area contributed by atoms with Gasteiger partial charge in [-0.25, -0.2) is 0 Å². The summed E-state index contributed by atoms with van der Waals surface area (Å²) in [5.74, 6) is -0.283. The third kappa shape index (κ3) is 1.94. The van der Waals surface area contributed by atoms with Gasteiger partial charge in [0.1, 0.15) is 5.84 Å². The summed E-state index contributed by atoms with van der Waals surface area (Å²) in [5, 5.41) is -0.700. The van der Waals surface area contributed by atoms with Gasteiger partial charge in [0, 0.05) is 6.42 Å². The van der Waals surface area contributed by atoms with Crippen molar-refractivity contribution < 1.29 is 9.59 Å². The number of aliphatic imine (C=N–C) groups is 1. The predicted octanol–water partition coefficient (Wildman–Crippen LogP) is -0.546. The summed E-state index contributed by atoms with van der Waals surface area (Å²) in [7, 11) is 0. The lowest BCUT2D eigenvalue weighted by atomic mass is 10.3. The number of nitrogens with zero attached hydrogens (tertiary/aromatic N) is 1. The summed E-state index contributed by atoms with van der Waals surface area (Å²) in [6.07, 6.45) is 0.0751. The molecule has 0 spiro atoms. The van der Waals surface area contributed by atoms with Crippen LogP contribution in [-0.2, 0) is 4.79 Å². The number of amidine groups is 1. The molecule has 5 nitrogen and oxygen atoms in total. The Morgan fingerprint density at radius 2 is 2.36 bits per heavy atom. The zero-order chi connectivity index (χ0) is 8.43. The first-order valence-electron chi connectivity index (χ1n) is 2.92. The van der Waals surface area contributed by atoms with E-state index in [1.165, 1.54) is 0 Å². The first-order chi connectivity index (χ1) is 5.09. The van der Waals surface area contributed by atoms with Crippen molar-refractivity contribution in [1.82, 2.24) is 0 Å². The number of nitrogens with two attached hydrogens (primary N) is 2. The first kappa shape index (κ1) is 8.06. The molecule has 6 heteroatoms. The van der Waals surface area contributed by atoms with Crippen molar-refractivity contribution >= 4 is 28.7 Å². The van der Waals surface area contributed by atoms with E-state index in [0.717, 1.165) is 11.8 Å². The summed E-state index contributed by atoms with van der Waals surface area (Å²) in [5.41, 5.74) is 10.2. The average molecular weight is 173 g/mol. The monoisotopic (exact) mass is 173 g/mol. The first-order valence-corrected chi connectivity index (χ1v) is 3.80. The minimum atomic E-state index is -0.477. The minimum absolute atomic E-state index is 0.0751. The second-order valence-corrected chi connectivity index (χ2v) is 3.23. The molecule has 11 heavy (non-hydrogen) atoms. The molecule has 1 heterocycles. The Morgan fingerprint density at radius 1 is 1.73 bits per heavy atom. The highest BCUT2D eigenvalue weighted by molar-refractivity contribution is 8.15. The van der Waals surface area contributed by atoms with Gasteiger partial charge in [-0.2, -0.15) is 4.99 Å². The Bertz CT molecular complexity index is 238. The number of hydrogen-bond donors (Lipinski definition) is 2. The van der Waals surface area contributed by atoms with Crippen LogP contribution in [0.15, 0.2) is 4.99 Å². The topological polar surface area (TPSA) is 98.5 Å². The summed E-state index contributed by atoms with van der Waals surface area (Å²) >= 11 is 0.934. The molecule has 1 aliphatic heterocycles. The molecule has 0 bridgehead atoms. The molecule has 0 saturated heterocycles. The number of thioether (sulfide) groups is 1. The van der Waals surface area contributed by atoms with Gasteiger partial charge in [0.25, 0.3) is 0 Å². The Kier molecular flexibility index (Phi) is 2.13. The fourth-order valence-corrected chi connectivity index (χ4v) is 1.54. The number of rotatable bonds is 2. The molecule has 0 aromatic carbocycles. The van der Waals surface area contributed by atoms with Crippen LogP contribution < -0.4 is 11.5 Å². The van der Waals surface area contributed by atoms with E-state index in [2.05, 4.69) is 4.99 Å². The number of carbonyl (C=O) groups is 2. The van der Waals surface area contributed by atoms with Crippen LogP contribution in [0.3, 0.4) is 0 Å². The Morgan fingerprint density at radius 3 is 2.73 bits per heavy atom. The van der Waals surface area contributed by atoms with Crippen molar-refractivity contribution in [2.75, 3.05) is 0 Å². The molecule has 0 aliphatic carbocycles. The van der Waals surface area contributed by atoms with Crippen molar-refractivity contribution in [3.05, 3.63) is 0 Å². The molecule has 0 unspecified atom stereocenters. The Labute approximate surface area is 67.2 Å². The van der Waals surface area contributed by atoms with Crippen LogP contribution in [0.1, 0.15) is 6.42 Å². The number of amides is 2. The molecule has 4 N–H and O–H groups in total. The molecule has 1 rings (SSSR count). The highest BCUT2D eigenvalue weighted by Gasteiger charge is 2.26. The van der Waals surface area contributed by atoms with E-state index in [4.69, 9.17) is 11.5 Å². The van der Waals surface area contributed by atoms with Crippen LogP contribution >= 0.6 is 11.8 Å². The molecule has 0 aromatic heterocycles. The normalized spacial score (nSPS) is 23.5. The fourth-order valence-electron chi connectivity index (χ4n) is 0.715. The van der Waals surface area contributed by atoms with Crippen LogP contribution in [0.4, 0.5) is 4.79 Å². The van der Waals surface area contributed by atoms with E-state index < -0.39 is 5.91 Å². The van der Waals surface area contributed by atoms with E-state index >= 15 is 0 Å². The number of carbonyl (C=O) groups excluding carboxylic acids is 2. The molecular formula is C5H7N3O2S. The number of hydrogen-bond acceptors (Lipinski definition) is 4. The summed E-state index contributed by atoms with van der Waals surface area (Å²) < 4.78 is 0. The zero-order valence-corrected chi connectivity index (χ0v) is 6.43. The van der Waals surface area contributed by atoms with Crippen molar-refractivity contribution in [3.8, 4) is 0 Å². The highest BCUT2D eigenvalue weighted by Crippen LogP contribution is 2.23. The average Bonchev–Trinajstić information content (AvgIpc) is 2.09. The Hall–Kier alpha value is -1.04. The largest absolute Gasteiger partial charge is 0.386 e. The molecule has 1 atom stereocenters. The maximum absolute atomic E-state index is 10.6. The van der Waals surface area contributed by atoms with E-state index in [9.17, 15) is 9.59 Å². The highest BCUT2D eigenvalue weighted by atomic mass is 32.2. The Balaban J connectivity index is 2.57. The van der Waals surface area contributed by atoms with Gasteiger partial charge in [0.05, 0.1) is 5.25 Å². The van der Waals surface area contributed by atoms with E-state index in [-0.39, 0.29) is 22.7 Å². The van der Waals surface area contributed by atoms with Crippen LogP contribution in [0.2, 0.25) is 0 Å². The van der Waals surface area contributed by atoms with Gasteiger partial charge in [-0.1, -0.05) is 11.8 Å². The zero-order valence-electron chi connectivity index (χ0n) is 5.61. The summed E-state index contributed by atoms with van der Waals surface area (Å²) in [6, 6.07) is 0. The van der Waals surface area contributed by atoms with Gasteiger partial charge >= 0.3 is 5.24 Å². The lowest BCUT2D eigenvalue weighted by Crippen LogP contribution is -2.27. The predicted molar refractivity (Wildman–Crippen MR) is 42.2 cm³/mol. The van der Waals surface area contributed by atoms with Gasteiger partial charge in [-0.05, 0) is 0 Å². The van der Waals surface area contributed by atoms with E-state index in [1.54, 1.807) is 0 Å². The van der Waals surface area contributed by atoms with E-state index in [0.29, 0.717) is 0 Å². The second kappa shape index (κ2) is 2.91. The summed E-state index contributed by atoms with van der Waals surface area (Å²) in [6.45, 7) is 0. The molecule has 0 radical (unpaired) electrons. The third-order valence-corrected chi connectivity index (χ3v) is 2.17. The second-order valence-electron chi connectivity index (χ2n) is 2.08. The van der Waals surface area contributed by atoms with Crippen molar-refractivity contribution in [1.29, 1.82) is 0 Å². The molecule has 0 aromatic rings. The van der Waals surface area contributed by atoms with Crippen LogP contribution in [0.25, 0.3) is 0 Å².